The molecular weight excluding hydrogens is 180 g/mol. The molecule has 0 radical (unpaired) electrons. The summed E-state index contributed by atoms with van der Waals surface area (Å²) < 4.78 is 0. The second-order valence-corrected chi connectivity index (χ2v) is 4.22. The van der Waals surface area contributed by atoms with Gasteiger partial charge in [-0.3, -0.25) is 0 Å². The highest BCUT2D eigenvalue weighted by molar-refractivity contribution is 7.80. The van der Waals surface area contributed by atoms with Crippen molar-refractivity contribution in [3.63, 3.8) is 0 Å². The molecule has 0 aromatic heterocycles. The van der Waals surface area contributed by atoms with Crippen LogP contribution < -0.4 is 5.32 Å². The highest BCUT2D eigenvalue weighted by atomic mass is 32.1. The molecule has 0 amide bonds. The average molecular weight is 196 g/mol. The second-order valence-electron chi connectivity index (χ2n) is 3.84. The van der Waals surface area contributed by atoms with Crippen LogP contribution in [-0.2, 0) is 0 Å². The van der Waals surface area contributed by atoms with Gasteiger partial charge in [0.2, 0.25) is 0 Å². The van der Waals surface area contributed by atoms with Gasteiger partial charge in [-0.15, -0.1) is 6.58 Å². The van der Waals surface area contributed by atoms with E-state index in [0.29, 0.717) is 0 Å². The molecule has 1 rings (SSSR count). The first-order valence-corrected chi connectivity index (χ1v) is 4.77. The van der Waals surface area contributed by atoms with Crippen molar-refractivity contribution in [2.45, 2.75) is 26.3 Å². The molecule has 0 aromatic carbocycles. The zero-order chi connectivity index (χ0) is 10.1. The van der Waals surface area contributed by atoms with E-state index in [4.69, 9.17) is 12.2 Å². The quantitative estimate of drug-likeness (QED) is 0.537. The van der Waals surface area contributed by atoms with Crippen molar-refractivity contribution in [1.29, 1.82) is 0 Å². The molecule has 72 valence electrons. The first kappa shape index (κ1) is 10.3. The highest BCUT2D eigenvalue weighted by Crippen LogP contribution is 2.18. The molecule has 0 aromatic rings. The maximum Gasteiger partial charge on any atom is 0.174 e. The molecule has 13 heavy (non-hydrogen) atoms. The van der Waals surface area contributed by atoms with Crippen LogP contribution in [0.3, 0.4) is 0 Å². The van der Waals surface area contributed by atoms with E-state index in [-0.39, 0.29) is 5.54 Å². The Morgan fingerprint density at radius 3 is 2.77 bits per heavy atom. The summed E-state index contributed by atoms with van der Waals surface area (Å²) in [4.78, 5) is 2.04. The summed E-state index contributed by atoms with van der Waals surface area (Å²) in [6.45, 7) is 10.8. The molecule has 0 spiro atoms. The number of nitrogens with one attached hydrogen (secondary N) is 1. The van der Waals surface area contributed by atoms with Crippen LogP contribution in [0.1, 0.15) is 20.8 Å². The fraction of sp³-hybridized carbons (Fsp3) is 0.500. The van der Waals surface area contributed by atoms with Gasteiger partial charge in [-0.05, 0) is 39.1 Å². The highest BCUT2D eigenvalue weighted by Gasteiger charge is 2.25. The van der Waals surface area contributed by atoms with Crippen molar-refractivity contribution in [3.05, 3.63) is 24.4 Å². The molecular formula is C10H16N2S. The molecule has 0 atom stereocenters. The van der Waals surface area contributed by atoms with Crippen molar-refractivity contribution in [2.75, 3.05) is 6.54 Å². The fourth-order valence-electron chi connectivity index (χ4n) is 1.50. The van der Waals surface area contributed by atoms with Gasteiger partial charge in [0.1, 0.15) is 0 Å². The van der Waals surface area contributed by atoms with Crippen molar-refractivity contribution in [1.82, 2.24) is 10.2 Å². The van der Waals surface area contributed by atoms with Gasteiger partial charge in [-0.25, -0.2) is 0 Å². The predicted molar refractivity (Wildman–Crippen MR) is 60.5 cm³/mol. The summed E-state index contributed by atoms with van der Waals surface area (Å²) in [6, 6.07) is 0. The second kappa shape index (κ2) is 3.50. The number of hydrogen-bond donors (Lipinski definition) is 1. The lowest BCUT2D eigenvalue weighted by atomic mass is 10.0. The zero-order valence-electron chi connectivity index (χ0n) is 8.42. The maximum atomic E-state index is 5.24. The topological polar surface area (TPSA) is 15.3 Å². The maximum absolute atomic E-state index is 5.24. The van der Waals surface area contributed by atoms with Crippen LogP contribution in [0.25, 0.3) is 0 Å². The lowest BCUT2D eigenvalue weighted by Gasteiger charge is -2.37. The van der Waals surface area contributed by atoms with Crippen molar-refractivity contribution >= 4 is 17.3 Å². The van der Waals surface area contributed by atoms with Gasteiger partial charge in [-0.2, -0.15) is 0 Å². The van der Waals surface area contributed by atoms with Crippen molar-refractivity contribution < 1.29 is 0 Å². The van der Waals surface area contributed by atoms with Gasteiger partial charge >= 0.3 is 0 Å². The van der Waals surface area contributed by atoms with E-state index in [1.165, 1.54) is 5.70 Å². The fourth-order valence-corrected chi connectivity index (χ4v) is 1.98. The van der Waals surface area contributed by atoms with E-state index in [0.717, 1.165) is 11.7 Å². The Morgan fingerprint density at radius 1 is 1.69 bits per heavy atom. The van der Waals surface area contributed by atoms with E-state index in [2.05, 4.69) is 38.7 Å². The SMILES string of the molecule is C=CCN1C(=S)NC(C)(C)C=C1C. The van der Waals surface area contributed by atoms with Crippen molar-refractivity contribution in [3.8, 4) is 0 Å². The van der Waals surface area contributed by atoms with E-state index < -0.39 is 0 Å². The summed E-state index contributed by atoms with van der Waals surface area (Å²) in [7, 11) is 0. The minimum atomic E-state index is -0.0289. The summed E-state index contributed by atoms with van der Waals surface area (Å²) in [6.07, 6.45) is 4.02. The number of rotatable bonds is 2. The average Bonchev–Trinajstić information content (AvgIpc) is 1.94. The van der Waals surface area contributed by atoms with Gasteiger partial charge in [0, 0.05) is 12.2 Å². The molecule has 0 fully saturated rings. The number of nitrogens with zero attached hydrogens (tertiary/aromatic N) is 1. The van der Waals surface area contributed by atoms with Crippen LogP contribution in [0.5, 0.6) is 0 Å². The molecule has 0 aliphatic carbocycles. The van der Waals surface area contributed by atoms with Crippen LogP contribution in [0.4, 0.5) is 0 Å². The predicted octanol–water partition coefficient (Wildman–Crippen LogP) is 2.04. The first-order chi connectivity index (χ1) is 5.96. The molecule has 2 nitrogen and oxygen atoms in total. The van der Waals surface area contributed by atoms with E-state index in [9.17, 15) is 0 Å². The third kappa shape index (κ3) is 2.31. The number of hydrogen-bond acceptors (Lipinski definition) is 1. The third-order valence-corrected chi connectivity index (χ3v) is 2.30. The summed E-state index contributed by atoms with van der Waals surface area (Å²) >= 11 is 5.24. The van der Waals surface area contributed by atoms with E-state index >= 15 is 0 Å². The van der Waals surface area contributed by atoms with Crippen LogP contribution in [0, 0.1) is 0 Å². The van der Waals surface area contributed by atoms with E-state index in [1.807, 2.05) is 11.0 Å². The van der Waals surface area contributed by atoms with Gasteiger partial charge in [-0.1, -0.05) is 6.08 Å². The molecule has 0 unspecified atom stereocenters. The van der Waals surface area contributed by atoms with Gasteiger partial charge in [0.05, 0.1) is 5.54 Å². The Balaban J connectivity index is 2.90. The standard InChI is InChI=1S/C10H16N2S/c1-5-6-12-8(2)7-10(3,4)11-9(12)13/h5,7H,1,6H2,2-4H3,(H,11,13). The van der Waals surface area contributed by atoms with Crippen LogP contribution in [0.15, 0.2) is 24.4 Å². The lowest BCUT2D eigenvalue weighted by molar-refractivity contribution is 0.452. The van der Waals surface area contributed by atoms with Crippen LogP contribution in [0.2, 0.25) is 0 Å². The number of thiocarbonyl (C=S) groups is 1. The smallest absolute Gasteiger partial charge is 0.174 e. The summed E-state index contributed by atoms with van der Waals surface area (Å²) in [5.74, 6) is 0. The Hall–Kier alpha value is -0.830. The molecule has 3 heteroatoms. The molecule has 1 heterocycles. The Bertz CT molecular complexity index is 266. The van der Waals surface area contributed by atoms with Gasteiger partial charge < -0.3 is 10.2 Å². The Morgan fingerprint density at radius 2 is 2.31 bits per heavy atom. The van der Waals surface area contributed by atoms with E-state index in [1.54, 1.807) is 0 Å². The monoisotopic (exact) mass is 196 g/mol. The summed E-state index contributed by atoms with van der Waals surface area (Å²) in [5.41, 5.74) is 1.16. The third-order valence-electron chi connectivity index (χ3n) is 1.98. The largest absolute Gasteiger partial charge is 0.354 e. The summed E-state index contributed by atoms with van der Waals surface area (Å²) in [5, 5.41) is 4.04. The zero-order valence-corrected chi connectivity index (χ0v) is 9.24. The minimum Gasteiger partial charge on any atom is -0.354 e. The minimum absolute atomic E-state index is 0.0289. The molecule has 0 saturated heterocycles. The van der Waals surface area contributed by atoms with Gasteiger partial charge in [0.15, 0.2) is 5.11 Å². The lowest BCUT2D eigenvalue weighted by Crippen LogP contribution is -2.52. The van der Waals surface area contributed by atoms with Crippen LogP contribution in [-0.4, -0.2) is 22.1 Å². The van der Waals surface area contributed by atoms with Crippen molar-refractivity contribution in [2.24, 2.45) is 0 Å². The first-order valence-electron chi connectivity index (χ1n) is 4.36. The Labute approximate surface area is 85.3 Å². The molecule has 0 saturated carbocycles. The molecule has 1 aliphatic rings. The molecule has 1 aliphatic heterocycles. The Kier molecular flexibility index (Phi) is 2.76. The molecule has 1 N–H and O–H groups in total. The normalized spacial score (nSPS) is 20.7. The number of allylic oxidation sites excluding steroid dienone is 1. The van der Waals surface area contributed by atoms with Gasteiger partial charge in [0.25, 0.3) is 0 Å². The molecule has 0 bridgehead atoms. The van der Waals surface area contributed by atoms with Crippen LogP contribution >= 0.6 is 12.2 Å².